The summed E-state index contributed by atoms with van der Waals surface area (Å²) in [5.41, 5.74) is 0. The quantitative estimate of drug-likeness (QED) is 0.702. The molecule has 0 aliphatic heterocycles. The van der Waals surface area contributed by atoms with Crippen molar-refractivity contribution in [1.29, 1.82) is 0 Å². The lowest BCUT2D eigenvalue weighted by atomic mass is 9.92. The Kier molecular flexibility index (Phi) is 5.75. The Hall–Kier alpha value is -0.520. The van der Waals surface area contributed by atoms with Gasteiger partial charge in [0.1, 0.15) is 0 Å². The molecule has 0 amide bonds. The van der Waals surface area contributed by atoms with E-state index in [4.69, 9.17) is 11.2 Å². The van der Waals surface area contributed by atoms with Crippen molar-refractivity contribution >= 4 is 0 Å². The average molecular weight is 209 g/mol. The van der Waals surface area contributed by atoms with Crippen LogP contribution in [-0.4, -0.2) is 25.3 Å². The highest BCUT2D eigenvalue weighted by atomic mass is 16.5. The Morgan fingerprint density at radius 1 is 1.40 bits per heavy atom. The molecule has 2 nitrogen and oxygen atoms in total. The van der Waals surface area contributed by atoms with Crippen molar-refractivity contribution in [2.24, 2.45) is 0 Å². The normalized spacial score (nSPS) is 28.3. The SMILES string of the molecule is C#CCC(CC)NC1CCC(OC)CC1. The molecule has 1 aliphatic carbocycles. The predicted molar refractivity (Wildman–Crippen MR) is 63.7 cm³/mol. The molecule has 1 atom stereocenters. The molecule has 86 valence electrons. The molecule has 0 heterocycles. The molecule has 1 N–H and O–H groups in total. The van der Waals surface area contributed by atoms with E-state index in [1.54, 1.807) is 0 Å². The van der Waals surface area contributed by atoms with Crippen LogP contribution < -0.4 is 5.32 Å². The van der Waals surface area contributed by atoms with Crippen molar-refractivity contribution < 1.29 is 4.74 Å². The maximum absolute atomic E-state index is 5.36. The first-order chi connectivity index (χ1) is 7.30. The molecule has 1 rings (SSSR count). The minimum absolute atomic E-state index is 0.482. The van der Waals surface area contributed by atoms with Crippen molar-refractivity contribution in [1.82, 2.24) is 5.32 Å². The third-order valence-corrected chi connectivity index (χ3v) is 3.34. The minimum Gasteiger partial charge on any atom is -0.381 e. The third-order valence-electron chi connectivity index (χ3n) is 3.34. The van der Waals surface area contributed by atoms with Gasteiger partial charge in [-0.1, -0.05) is 6.92 Å². The van der Waals surface area contributed by atoms with Crippen LogP contribution in [0.2, 0.25) is 0 Å². The molecule has 0 aromatic carbocycles. The second-order valence-corrected chi connectivity index (χ2v) is 4.39. The van der Waals surface area contributed by atoms with Gasteiger partial charge in [0.2, 0.25) is 0 Å². The van der Waals surface area contributed by atoms with Crippen LogP contribution in [0.4, 0.5) is 0 Å². The van der Waals surface area contributed by atoms with Gasteiger partial charge in [-0.2, -0.15) is 0 Å². The van der Waals surface area contributed by atoms with Gasteiger partial charge in [0.15, 0.2) is 0 Å². The summed E-state index contributed by atoms with van der Waals surface area (Å²) >= 11 is 0. The molecular formula is C13H23NO. The number of hydrogen-bond donors (Lipinski definition) is 1. The summed E-state index contributed by atoms with van der Waals surface area (Å²) in [5, 5.41) is 3.65. The van der Waals surface area contributed by atoms with Crippen LogP contribution in [0, 0.1) is 12.3 Å². The fraction of sp³-hybridized carbons (Fsp3) is 0.846. The first kappa shape index (κ1) is 12.5. The average Bonchev–Trinajstić information content (AvgIpc) is 2.29. The van der Waals surface area contributed by atoms with Gasteiger partial charge in [-0.25, -0.2) is 0 Å². The van der Waals surface area contributed by atoms with E-state index in [-0.39, 0.29) is 0 Å². The molecular weight excluding hydrogens is 186 g/mol. The van der Waals surface area contributed by atoms with Crippen LogP contribution in [0.5, 0.6) is 0 Å². The van der Waals surface area contributed by atoms with E-state index in [2.05, 4.69) is 18.2 Å². The van der Waals surface area contributed by atoms with Gasteiger partial charge in [0.05, 0.1) is 6.10 Å². The molecule has 0 aromatic rings. The van der Waals surface area contributed by atoms with Crippen LogP contribution in [-0.2, 0) is 4.74 Å². The maximum Gasteiger partial charge on any atom is 0.0572 e. The van der Waals surface area contributed by atoms with Crippen LogP contribution in [0.15, 0.2) is 0 Å². The molecule has 1 aliphatic rings. The third kappa shape index (κ3) is 4.24. The molecule has 0 radical (unpaired) electrons. The second-order valence-electron chi connectivity index (χ2n) is 4.39. The summed E-state index contributed by atoms with van der Waals surface area (Å²) in [6.45, 7) is 2.19. The molecule has 15 heavy (non-hydrogen) atoms. The number of ether oxygens (including phenoxy) is 1. The fourth-order valence-electron chi connectivity index (χ4n) is 2.26. The summed E-state index contributed by atoms with van der Waals surface area (Å²) in [4.78, 5) is 0. The zero-order chi connectivity index (χ0) is 11.1. The van der Waals surface area contributed by atoms with Gasteiger partial charge >= 0.3 is 0 Å². The topological polar surface area (TPSA) is 21.3 Å². The Balaban J connectivity index is 2.25. The number of hydrogen-bond acceptors (Lipinski definition) is 2. The number of methoxy groups -OCH3 is 1. The van der Waals surface area contributed by atoms with Gasteiger partial charge in [0.25, 0.3) is 0 Å². The lowest BCUT2D eigenvalue weighted by Crippen LogP contribution is -2.41. The Bertz CT molecular complexity index is 201. The summed E-state index contributed by atoms with van der Waals surface area (Å²) in [6, 6.07) is 1.15. The summed E-state index contributed by atoms with van der Waals surface area (Å²) in [7, 11) is 1.81. The summed E-state index contributed by atoms with van der Waals surface area (Å²) < 4.78 is 5.36. The Morgan fingerprint density at radius 2 is 2.07 bits per heavy atom. The van der Waals surface area contributed by atoms with Gasteiger partial charge in [-0.15, -0.1) is 12.3 Å². The van der Waals surface area contributed by atoms with Gasteiger partial charge in [0, 0.05) is 25.6 Å². The monoisotopic (exact) mass is 209 g/mol. The molecule has 0 aromatic heterocycles. The zero-order valence-corrected chi connectivity index (χ0v) is 9.96. The van der Waals surface area contributed by atoms with E-state index in [0.29, 0.717) is 18.2 Å². The molecule has 0 bridgehead atoms. The van der Waals surface area contributed by atoms with Gasteiger partial charge in [-0.3, -0.25) is 0 Å². The van der Waals surface area contributed by atoms with Crippen LogP contribution in [0.3, 0.4) is 0 Å². The van der Waals surface area contributed by atoms with Gasteiger partial charge in [-0.05, 0) is 32.1 Å². The van der Waals surface area contributed by atoms with Crippen LogP contribution in [0.1, 0.15) is 45.4 Å². The van der Waals surface area contributed by atoms with E-state index in [9.17, 15) is 0 Å². The molecule has 0 spiro atoms. The highest BCUT2D eigenvalue weighted by Gasteiger charge is 2.21. The van der Waals surface area contributed by atoms with Crippen LogP contribution >= 0.6 is 0 Å². The van der Waals surface area contributed by atoms with Crippen molar-refractivity contribution in [2.75, 3.05) is 7.11 Å². The first-order valence-corrected chi connectivity index (χ1v) is 6.02. The molecule has 1 unspecified atom stereocenters. The predicted octanol–water partition coefficient (Wildman–Crippen LogP) is 2.34. The minimum atomic E-state index is 0.482. The lowest BCUT2D eigenvalue weighted by Gasteiger charge is -2.30. The largest absolute Gasteiger partial charge is 0.381 e. The van der Waals surface area contributed by atoms with Crippen LogP contribution in [0.25, 0.3) is 0 Å². The number of nitrogens with one attached hydrogen (secondary N) is 1. The molecule has 1 fully saturated rings. The Labute approximate surface area is 93.8 Å². The first-order valence-electron chi connectivity index (χ1n) is 6.02. The van der Waals surface area contributed by atoms with Crippen molar-refractivity contribution in [3.63, 3.8) is 0 Å². The standard InChI is InChI=1S/C13H23NO/c1-4-6-11(5-2)14-12-7-9-13(15-3)10-8-12/h1,11-14H,5-10H2,2-3H3. The van der Waals surface area contributed by atoms with Crippen molar-refractivity contribution in [3.8, 4) is 12.3 Å². The van der Waals surface area contributed by atoms with E-state index < -0.39 is 0 Å². The highest BCUT2D eigenvalue weighted by Crippen LogP contribution is 2.21. The number of rotatable bonds is 5. The maximum atomic E-state index is 5.36. The number of terminal acetylenes is 1. The van der Waals surface area contributed by atoms with Gasteiger partial charge < -0.3 is 10.1 Å². The highest BCUT2D eigenvalue weighted by molar-refractivity contribution is 4.91. The molecule has 0 saturated heterocycles. The lowest BCUT2D eigenvalue weighted by molar-refractivity contribution is 0.0611. The summed E-state index contributed by atoms with van der Waals surface area (Å²) in [5.74, 6) is 2.74. The van der Waals surface area contributed by atoms with E-state index >= 15 is 0 Å². The van der Waals surface area contributed by atoms with Crippen molar-refractivity contribution in [3.05, 3.63) is 0 Å². The fourth-order valence-corrected chi connectivity index (χ4v) is 2.26. The zero-order valence-electron chi connectivity index (χ0n) is 9.96. The van der Waals surface area contributed by atoms with E-state index in [0.717, 1.165) is 12.8 Å². The van der Waals surface area contributed by atoms with E-state index in [1.165, 1.54) is 25.7 Å². The Morgan fingerprint density at radius 3 is 2.53 bits per heavy atom. The molecule has 1 saturated carbocycles. The van der Waals surface area contributed by atoms with E-state index in [1.807, 2.05) is 7.11 Å². The molecule has 2 heteroatoms. The second kappa shape index (κ2) is 6.87. The van der Waals surface area contributed by atoms with Crippen molar-refractivity contribution in [2.45, 2.75) is 63.6 Å². The smallest absolute Gasteiger partial charge is 0.0572 e. The summed E-state index contributed by atoms with van der Waals surface area (Å²) in [6.07, 6.45) is 12.6.